The minimum atomic E-state index is -0.643. The molecule has 1 fully saturated rings. The number of nitrogens with one attached hydrogen (secondary N) is 1. The van der Waals surface area contributed by atoms with Crippen LogP contribution < -0.4 is 5.32 Å². The highest BCUT2D eigenvalue weighted by atomic mass is 19.1. The number of ether oxygens (including phenoxy) is 1. The van der Waals surface area contributed by atoms with Crippen molar-refractivity contribution < 1.29 is 18.7 Å². The van der Waals surface area contributed by atoms with Crippen molar-refractivity contribution in [2.45, 2.75) is 12.6 Å². The van der Waals surface area contributed by atoms with E-state index in [2.05, 4.69) is 10.4 Å². The first-order valence-corrected chi connectivity index (χ1v) is 8.59. The Hall–Kier alpha value is -2.94. The third-order valence-corrected chi connectivity index (χ3v) is 4.22. The molecule has 1 aliphatic rings. The number of halogens is 1. The molecule has 0 radical (unpaired) electrons. The van der Waals surface area contributed by atoms with E-state index in [9.17, 15) is 14.0 Å². The second-order valence-electron chi connectivity index (χ2n) is 6.47. The first-order valence-electron chi connectivity index (χ1n) is 8.59. The van der Waals surface area contributed by atoms with E-state index in [1.807, 2.05) is 0 Å². The third-order valence-electron chi connectivity index (χ3n) is 4.22. The van der Waals surface area contributed by atoms with Gasteiger partial charge in [0.15, 0.2) is 6.10 Å². The van der Waals surface area contributed by atoms with Crippen LogP contribution in [0, 0.1) is 5.82 Å². The molecule has 0 saturated carbocycles. The number of hydrogen-bond acceptors (Lipinski definition) is 4. The Morgan fingerprint density at radius 2 is 2.22 bits per heavy atom. The van der Waals surface area contributed by atoms with Gasteiger partial charge in [-0.05, 0) is 18.2 Å². The molecule has 3 rings (SSSR count). The maximum Gasteiger partial charge on any atom is 0.317 e. The Bertz CT molecular complexity index is 823. The molecule has 2 heterocycles. The molecular formula is C18H22FN5O3. The van der Waals surface area contributed by atoms with Crippen molar-refractivity contribution in [1.82, 2.24) is 24.9 Å². The van der Waals surface area contributed by atoms with Crippen molar-refractivity contribution in [3.8, 4) is 5.69 Å². The Morgan fingerprint density at radius 1 is 1.41 bits per heavy atom. The fourth-order valence-electron chi connectivity index (χ4n) is 2.77. The molecular weight excluding hydrogens is 353 g/mol. The molecule has 0 spiro atoms. The number of carbonyl (C=O) groups excluding carboxylic acids is 2. The lowest BCUT2D eigenvalue weighted by molar-refractivity contribution is -0.145. The Kier molecular flexibility index (Phi) is 5.70. The number of carbonyl (C=O) groups is 2. The predicted molar refractivity (Wildman–Crippen MR) is 95.8 cm³/mol. The molecule has 1 saturated heterocycles. The van der Waals surface area contributed by atoms with Crippen molar-refractivity contribution in [2.75, 3.05) is 33.8 Å². The molecule has 1 aromatic heterocycles. The summed E-state index contributed by atoms with van der Waals surface area (Å²) in [6, 6.07) is 5.83. The van der Waals surface area contributed by atoms with Crippen LogP contribution >= 0.6 is 0 Å². The van der Waals surface area contributed by atoms with Gasteiger partial charge in [0.1, 0.15) is 5.82 Å². The first kappa shape index (κ1) is 18.8. The summed E-state index contributed by atoms with van der Waals surface area (Å²) in [6.45, 7) is 1.23. The van der Waals surface area contributed by atoms with Gasteiger partial charge in [-0.2, -0.15) is 5.10 Å². The molecule has 1 aliphatic heterocycles. The van der Waals surface area contributed by atoms with E-state index in [1.165, 1.54) is 17.0 Å². The lowest BCUT2D eigenvalue weighted by atomic mass is 10.2. The molecule has 3 amide bonds. The van der Waals surface area contributed by atoms with Gasteiger partial charge in [0.05, 0.1) is 25.0 Å². The largest absolute Gasteiger partial charge is 0.365 e. The topological polar surface area (TPSA) is 79.7 Å². The van der Waals surface area contributed by atoms with Gasteiger partial charge in [-0.25, -0.2) is 13.9 Å². The summed E-state index contributed by atoms with van der Waals surface area (Å²) in [4.78, 5) is 27.4. The van der Waals surface area contributed by atoms with Crippen LogP contribution in [0.25, 0.3) is 5.69 Å². The van der Waals surface area contributed by atoms with Crippen molar-refractivity contribution in [1.29, 1.82) is 0 Å². The predicted octanol–water partition coefficient (Wildman–Crippen LogP) is 1.01. The summed E-state index contributed by atoms with van der Waals surface area (Å²) >= 11 is 0. The van der Waals surface area contributed by atoms with E-state index >= 15 is 0 Å². The second-order valence-corrected chi connectivity index (χ2v) is 6.47. The molecule has 1 atom stereocenters. The molecule has 0 bridgehead atoms. The standard InChI is InChI=1S/C18H22FN5O3/c1-22(2)17(25)16-12-23(6-7-27-16)18(26)20-9-13-10-21-24(11-13)15-5-3-4-14(19)8-15/h3-5,8,10-11,16H,6-7,9,12H2,1-2H3,(H,20,26)/t16-/m0/s1. The number of morpholine rings is 1. The zero-order valence-electron chi connectivity index (χ0n) is 15.3. The van der Waals surface area contributed by atoms with Crippen molar-refractivity contribution in [3.05, 3.63) is 48.0 Å². The van der Waals surface area contributed by atoms with Crippen LogP contribution in [0.4, 0.5) is 9.18 Å². The van der Waals surface area contributed by atoms with Crippen LogP contribution in [-0.2, 0) is 16.1 Å². The number of rotatable bonds is 4. The van der Waals surface area contributed by atoms with E-state index in [1.54, 1.807) is 48.2 Å². The van der Waals surface area contributed by atoms with Crippen LogP contribution in [0.5, 0.6) is 0 Å². The number of nitrogens with zero attached hydrogens (tertiary/aromatic N) is 4. The van der Waals surface area contributed by atoms with E-state index in [0.29, 0.717) is 18.8 Å². The molecule has 27 heavy (non-hydrogen) atoms. The highest BCUT2D eigenvalue weighted by Gasteiger charge is 2.30. The fourth-order valence-corrected chi connectivity index (χ4v) is 2.77. The monoisotopic (exact) mass is 375 g/mol. The Labute approximate surface area is 156 Å². The molecule has 8 nitrogen and oxygen atoms in total. The molecule has 2 aromatic rings. The smallest absolute Gasteiger partial charge is 0.317 e. The highest BCUT2D eigenvalue weighted by molar-refractivity contribution is 5.82. The van der Waals surface area contributed by atoms with Crippen molar-refractivity contribution in [3.63, 3.8) is 0 Å². The lowest BCUT2D eigenvalue weighted by Gasteiger charge is -2.33. The normalized spacial score (nSPS) is 16.9. The summed E-state index contributed by atoms with van der Waals surface area (Å²) in [5.74, 6) is -0.504. The van der Waals surface area contributed by atoms with Crippen LogP contribution in [0.15, 0.2) is 36.7 Å². The Balaban J connectivity index is 1.55. The van der Waals surface area contributed by atoms with Gasteiger partial charge in [0.2, 0.25) is 0 Å². The zero-order chi connectivity index (χ0) is 19.4. The number of urea groups is 1. The average molecular weight is 375 g/mol. The third kappa shape index (κ3) is 4.62. The minimum absolute atomic E-state index is 0.163. The molecule has 1 N–H and O–H groups in total. The van der Waals surface area contributed by atoms with Crippen LogP contribution in [0.1, 0.15) is 5.56 Å². The van der Waals surface area contributed by atoms with Crippen LogP contribution in [0.3, 0.4) is 0 Å². The van der Waals surface area contributed by atoms with E-state index in [4.69, 9.17) is 4.74 Å². The first-order chi connectivity index (χ1) is 12.9. The number of hydrogen-bond donors (Lipinski definition) is 1. The van der Waals surface area contributed by atoms with Gasteiger partial charge < -0.3 is 19.9 Å². The van der Waals surface area contributed by atoms with E-state index < -0.39 is 6.10 Å². The van der Waals surface area contributed by atoms with Gasteiger partial charge in [0.25, 0.3) is 5.91 Å². The van der Waals surface area contributed by atoms with Crippen LogP contribution in [-0.4, -0.2) is 71.4 Å². The van der Waals surface area contributed by atoms with Crippen molar-refractivity contribution >= 4 is 11.9 Å². The highest BCUT2D eigenvalue weighted by Crippen LogP contribution is 2.11. The molecule has 0 aliphatic carbocycles. The van der Waals surface area contributed by atoms with Gasteiger partial charge in [0, 0.05) is 38.9 Å². The van der Waals surface area contributed by atoms with E-state index in [-0.39, 0.29) is 30.8 Å². The zero-order valence-corrected chi connectivity index (χ0v) is 15.3. The maximum absolute atomic E-state index is 13.3. The summed E-state index contributed by atoms with van der Waals surface area (Å²) in [5, 5.41) is 7.00. The lowest BCUT2D eigenvalue weighted by Crippen LogP contribution is -2.53. The molecule has 1 aromatic carbocycles. The molecule has 144 valence electrons. The molecule has 0 unspecified atom stereocenters. The summed E-state index contributed by atoms with van der Waals surface area (Å²) in [5.41, 5.74) is 1.38. The van der Waals surface area contributed by atoms with Gasteiger partial charge >= 0.3 is 6.03 Å². The number of likely N-dealkylation sites (N-methyl/N-ethyl adjacent to an activating group) is 1. The Morgan fingerprint density at radius 3 is 2.96 bits per heavy atom. The number of amides is 3. The van der Waals surface area contributed by atoms with Gasteiger partial charge in [-0.1, -0.05) is 6.07 Å². The minimum Gasteiger partial charge on any atom is -0.365 e. The van der Waals surface area contributed by atoms with Crippen LogP contribution in [0.2, 0.25) is 0 Å². The molecule has 9 heteroatoms. The second kappa shape index (κ2) is 8.17. The summed E-state index contributed by atoms with van der Waals surface area (Å²) < 4.78 is 20.3. The quantitative estimate of drug-likeness (QED) is 0.865. The fraction of sp³-hybridized carbons (Fsp3) is 0.389. The maximum atomic E-state index is 13.3. The average Bonchev–Trinajstić information content (AvgIpc) is 3.14. The SMILES string of the molecule is CN(C)C(=O)[C@@H]1CN(C(=O)NCc2cnn(-c3cccc(F)c3)c2)CCO1. The van der Waals surface area contributed by atoms with Gasteiger partial charge in [-0.3, -0.25) is 4.79 Å². The summed E-state index contributed by atoms with van der Waals surface area (Å²) in [7, 11) is 3.31. The number of benzene rings is 1. The van der Waals surface area contributed by atoms with E-state index in [0.717, 1.165) is 5.56 Å². The van der Waals surface area contributed by atoms with Gasteiger partial charge in [-0.15, -0.1) is 0 Å². The summed E-state index contributed by atoms with van der Waals surface area (Å²) in [6.07, 6.45) is 2.70. The van der Waals surface area contributed by atoms with Crippen molar-refractivity contribution in [2.24, 2.45) is 0 Å². The number of aromatic nitrogens is 2.